The Balaban J connectivity index is 1.63. The lowest BCUT2D eigenvalue weighted by Gasteiger charge is -2.03. The van der Waals surface area contributed by atoms with E-state index in [2.05, 4.69) is 30.5 Å². The fourth-order valence-electron chi connectivity index (χ4n) is 2.85. The smallest absolute Gasteiger partial charge is 0.276 e. The Kier molecular flexibility index (Phi) is 3.76. The minimum Gasteiger partial charge on any atom is -0.339 e. The summed E-state index contributed by atoms with van der Waals surface area (Å²) in [6, 6.07) is 7.86. The van der Waals surface area contributed by atoms with Crippen molar-refractivity contribution in [2.75, 3.05) is 5.32 Å². The van der Waals surface area contributed by atoms with Crippen molar-refractivity contribution in [2.24, 2.45) is 0 Å². The summed E-state index contributed by atoms with van der Waals surface area (Å²) in [4.78, 5) is 24.3. The lowest BCUT2D eigenvalue weighted by atomic mass is 10.1. The van der Waals surface area contributed by atoms with Crippen molar-refractivity contribution in [3.05, 3.63) is 59.3 Å². The summed E-state index contributed by atoms with van der Waals surface area (Å²) >= 11 is 0. The standard InChI is InChI=1S/C19H18N6O/c1-10-6-13(4-5-20-10)16-8-14-7-15(9-21-18(14)23-16)22-19(26)17-11(2)12(3)24-25-17/h4-9H,1-3H3,(H,21,23)(H,22,26)(H,24,25). The van der Waals surface area contributed by atoms with Gasteiger partial charge in [-0.1, -0.05) is 0 Å². The number of amides is 1. The fourth-order valence-corrected chi connectivity index (χ4v) is 2.85. The molecule has 130 valence electrons. The maximum Gasteiger partial charge on any atom is 0.276 e. The first-order chi connectivity index (χ1) is 12.5. The van der Waals surface area contributed by atoms with Crippen LogP contribution < -0.4 is 5.32 Å². The number of nitrogens with one attached hydrogen (secondary N) is 3. The molecule has 0 unspecified atom stereocenters. The molecule has 0 aliphatic rings. The number of carbonyl (C=O) groups excluding carboxylic acids is 1. The average Bonchev–Trinajstić information content (AvgIpc) is 3.18. The highest BCUT2D eigenvalue weighted by Crippen LogP contribution is 2.25. The van der Waals surface area contributed by atoms with Gasteiger partial charge < -0.3 is 10.3 Å². The van der Waals surface area contributed by atoms with E-state index in [-0.39, 0.29) is 5.91 Å². The van der Waals surface area contributed by atoms with Crippen LogP contribution in [0.3, 0.4) is 0 Å². The molecule has 7 heteroatoms. The molecule has 0 aromatic carbocycles. The molecule has 0 aliphatic carbocycles. The van der Waals surface area contributed by atoms with Gasteiger partial charge in [0.15, 0.2) is 5.69 Å². The second-order valence-electron chi connectivity index (χ2n) is 6.31. The molecule has 26 heavy (non-hydrogen) atoms. The van der Waals surface area contributed by atoms with Crippen LogP contribution in [0, 0.1) is 20.8 Å². The van der Waals surface area contributed by atoms with Crippen LogP contribution in [0.5, 0.6) is 0 Å². The van der Waals surface area contributed by atoms with Crippen molar-refractivity contribution in [1.29, 1.82) is 0 Å². The third kappa shape index (κ3) is 2.83. The Hall–Kier alpha value is -3.48. The zero-order valence-corrected chi connectivity index (χ0v) is 14.7. The number of fused-ring (bicyclic) bond motifs is 1. The summed E-state index contributed by atoms with van der Waals surface area (Å²) < 4.78 is 0. The molecule has 4 rings (SSSR count). The van der Waals surface area contributed by atoms with Gasteiger partial charge in [0.1, 0.15) is 5.65 Å². The van der Waals surface area contributed by atoms with Crippen molar-refractivity contribution < 1.29 is 4.79 Å². The van der Waals surface area contributed by atoms with Crippen LogP contribution in [0.15, 0.2) is 36.7 Å². The van der Waals surface area contributed by atoms with Crippen LogP contribution in [0.25, 0.3) is 22.3 Å². The highest BCUT2D eigenvalue weighted by molar-refractivity contribution is 6.04. The van der Waals surface area contributed by atoms with Crippen LogP contribution in [-0.2, 0) is 0 Å². The summed E-state index contributed by atoms with van der Waals surface area (Å²) in [5, 5.41) is 10.7. The number of hydrogen-bond donors (Lipinski definition) is 3. The number of anilines is 1. The van der Waals surface area contributed by atoms with Gasteiger partial charge in [-0.2, -0.15) is 5.10 Å². The van der Waals surface area contributed by atoms with Crippen LogP contribution in [-0.4, -0.2) is 31.1 Å². The van der Waals surface area contributed by atoms with Crippen molar-refractivity contribution in [1.82, 2.24) is 25.1 Å². The molecule has 0 spiro atoms. The zero-order chi connectivity index (χ0) is 18.3. The Morgan fingerprint density at radius 2 is 1.96 bits per heavy atom. The van der Waals surface area contributed by atoms with Crippen LogP contribution in [0.4, 0.5) is 5.69 Å². The SMILES string of the molecule is Cc1cc(-c2cc3cc(NC(=O)c4n[nH]c(C)c4C)cnc3[nH]2)ccn1. The number of carbonyl (C=O) groups is 1. The number of rotatable bonds is 3. The summed E-state index contributed by atoms with van der Waals surface area (Å²) in [6.07, 6.45) is 3.41. The first kappa shape index (κ1) is 16.0. The fraction of sp³-hybridized carbons (Fsp3) is 0.158. The Morgan fingerprint density at radius 3 is 2.69 bits per heavy atom. The molecule has 0 saturated heterocycles. The van der Waals surface area contributed by atoms with Gasteiger partial charge in [-0.05, 0) is 45.0 Å². The molecule has 1 amide bonds. The molecule has 4 aromatic heterocycles. The minimum atomic E-state index is -0.256. The number of H-pyrrole nitrogens is 2. The van der Waals surface area contributed by atoms with Crippen LogP contribution in [0.1, 0.15) is 27.4 Å². The van der Waals surface area contributed by atoms with E-state index >= 15 is 0 Å². The number of aromatic amines is 2. The number of aromatic nitrogens is 5. The van der Waals surface area contributed by atoms with E-state index in [0.717, 1.165) is 39.2 Å². The molecule has 0 atom stereocenters. The highest BCUT2D eigenvalue weighted by Gasteiger charge is 2.15. The van der Waals surface area contributed by atoms with Crippen molar-refractivity contribution in [2.45, 2.75) is 20.8 Å². The molecular weight excluding hydrogens is 328 g/mol. The second kappa shape index (κ2) is 6.11. The van der Waals surface area contributed by atoms with Gasteiger partial charge >= 0.3 is 0 Å². The van der Waals surface area contributed by atoms with E-state index in [1.807, 2.05) is 45.0 Å². The minimum absolute atomic E-state index is 0.256. The Morgan fingerprint density at radius 1 is 1.12 bits per heavy atom. The molecule has 3 N–H and O–H groups in total. The predicted octanol–water partition coefficient (Wildman–Crippen LogP) is 3.53. The molecule has 0 fully saturated rings. The molecule has 0 bridgehead atoms. The van der Waals surface area contributed by atoms with Crippen molar-refractivity contribution in [3.8, 4) is 11.3 Å². The Labute approximate surface area is 149 Å². The van der Waals surface area contributed by atoms with Gasteiger partial charge in [-0.15, -0.1) is 0 Å². The number of aryl methyl sites for hydroxylation is 2. The predicted molar refractivity (Wildman–Crippen MR) is 100 cm³/mol. The third-order valence-electron chi connectivity index (χ3n) is 4.40. The van der Waals surface area contributed by atoms with E-state index in [1.54, 1.807) is 12.4 Å². The summed E-state index contributed by atoms with van der Waals surface area (Å²) in [5.74, 6) is -0.256. The number of nitrogens with zero attached hydrogens (tertiary/aromatic N) is 3. The van der Waals surface area contributed by atoms with Gasteiger partial charge in [0.25, 0.3) is 5.91 Å². The number of pyridine rings is 2. The van der Waals surface area contributed by atoms with E-state index in [0.29, 0.717) is 11.4 Å². The molecule has 4 aromatic rings. The molecule has 4 heterocycles. The maximum absolute atomic E-state index is 12.4. The lowest BCUT2D eigenvalue weighted by Crippen LogP contribution is -2.13. The topological polar surface area (TPSA) is 99.4 Å². The van der Waals surface area contributed by atoms with E-state index in [9.17, 15) is 4.79 Å². The van der Waals surface area contributed by atoms with E-state index in [1.165, 1.54) is 0 Å². The first-order valence-corrected chi connectivity index (χ1v) is 8.26. The summed E-state index contributed by atoms with van der Waals surface area (Å²) in [7, 11) is 0. The average molecular weight is 346 g/mol. The molecule has 0 radical (unpaired) electrons. The van der Waals surface area contributed by atoms with E-state index in [4.69, 9.17) is 0 Å². The molecule has 7 nitrogen and oxygen atoms in total. The van der Waals surface area contributed by atoms with Gasteiger partial charge in [0, 0.05) is 39.8 Å². The van der Waals surface area contributed by atoms with Gasteiger partial charge in [-0.3, -0.25) is 14.9 Å². The van der Waals surface area contributed by atoms with Crippen molar-refractivity contribution >= 4 is 22.6 Å². The second-order valence-corrected chi connectivity index (χ2v) is 6.31. The first-order valence-electron chi connectivity index (χ1n) is 8.26. The summed E-state index contributed by atoms with van der Waals surface area (Å²) in [5.41, 5.74) is 6.46. The van der Waals surface area contributed by atoms with Gasteiger partial charge in [0.2, 0.25) is 0 Å². The van der Waals surface area contributed by atoms with Gasteiger partial charge in [-0.25, -0.2) is 4.98 Å². The molecular formula is C19H18N6O. The van der Waals surface area contributed by atoms with Crippen LogP contribution >= 0.6 is 0 Å². The van der Waals surface area contributed by atoms with E-state index < -0.39 is 0 Å². The normalized spacial score (nSPS) is 11.0. The van der Waals surface area contributed by atoms with Gasteiger partial charge in [0.05, 0.1) is 11.9 Å². The molecule has 0 aliphatic heterocycles. The largest absolute Gasteiger partial charge is 0.339 e. The molecule has 0 saturated carbocycles. The Bertz CT molecular complexity index is 1120. The number of hydrogen-bond acceptors (Lipinski definition) is 4. The zero-order valence-electron chi connectivity index (χ0n) is 14.7. The lowest BCUT2D eigenvalue weighted by molar-refractivity contribution is 0.102. The highest BCUT2D eigenvalue weighted by atomic mass is 16.1. The maximum atomic E-state index is 12.4. The monoisotopic (exact) mass is 346 g/mol. The summed E-state index contributed by atoms with van der Waals surface area (Å²) in [6.45, 7) is 5.70. The quantitative estimate of drug-likeness (QED) is 0.528. The van der Waals surface area contributed by atoms with Crippen molar-refractivity contribution in [3.63, 3.8) is 0 Å². The van der Waals surface area contributed by atoms with Crippen LogP contribution in [0.2, 0.25) is 0 Å². The third-order valence-corrected chi connectivity index (χ3v) is 4.40.